The molecule has 3 rings (SSSR count). The van der Waals surface area contributed by atoms with Crippen LogP contribution in [0, 0.1) is 18.8 Å². The Morgan fingerprint density at radius 2 is 1.23 bits per heavy atom. The molecule has 0 radical (unpaired) electrons. The highest BCUT2D eigenvalue weighted by molar-refractivity contribution is 5.23. The predicted octanol–water partition coefficient (Wildman–Crippen LogP) is 8.66. The average Bonchev–Trinajstić information content (AvgIpc) is 3.47. The molecule has 0 aliphatic carbocycles. The van der Waals surface area contributed by atoms with Gasteiger partial charge in [-0.2, -0.15) is 0 Å². The molecular weight excluding hydrogens is 534 g/mol. The third-order valence-corrected chi connectivity index (χ3v) is 8.61. The standard InChI is InChI=1S/2C12H22N2O.C11H21N.CH4/c1-7-10-11(8(2)3)12(15)14(9(4)5)13(10)6;1-7-13-10(6)11(8(2)3)12(15)14(13)9(4)5;1-8(2)11-6-7-12(9(3)4)10(11)5;/h2*8-9H,7H2,1-6H3;8-9,11H,5-7H2,1-4H3;1H4. The first-order valence-electron chi connectivity index (χ1n) is 16.4. The van der Waals surface area contributed by atoms with Crippen molar-refractivity contribution < 1.29 is 0 Å². The summed E-state index contributed by atoms with van der Waals surface area (Å²) in [5.74, 6) is 2.09. The smallest absolute Gasteiger partial charge is 0.270 e. The first kappa shape index (κ1) is 40.6. The highest BCUT2D eigenvalue weighted by Crippen LogP contribution is 2.33. The van der Waals surface area contributed by atoms with E-state index in [1.54, 1.807) is 0 Å². The lowest BCUT2D eigenvalue weighted by atomic mass is 9.93. The molecule has 7 heteroatoms. The van der Waals surface area contributed by atoms with Gasteiger partial charge in [-0.3, -0.25) is 19.0 Å². The van der Waals surface area contributed by atoms with Crippen LogP contribution >= 0.6 is 0 Å². The second-order valence-electron chi connectivity index (χ2n) is 13.7. The molecule has 3 heterocycles. The van der Waals surface area contributed by atoms with Crippen molar-refractivity contribution in [1.82, 2.24) is 23.6 Å². The van der Waals surface area contributed by atoms with E-state index in [9.17, 15) is 9.59 Å². The first-order chi connectivity index (χ1) is 19.4. The third kappa shape index (κ3) is 9.04. The molecule has 1 atom stereocenters. The minimum absolute atomic E-state index is 0. The molecule has 1 fully saturated rings. The van der Waals surface area contributed by atoms with Gasteiger partial charge in [0, 0.05) is 72.4 Å². The topological polar surface area (TPSA) is 57.1 Å². The lowest BCUT2D eigenvalue weighted by molar-refractivity contribution is 0.316. The second kappa shape index (κ2) is 17.2. The van der Waals surface area contributed by atoms with Crippen LogP contribution in [-0.4, -0.2) is 36.2 Å². The van der Waals surface area contributed by atoms with Crippen molar-refractivity contribution in [2.24, 2.45) is 18.9 Å². The van der Waals surface area contributed by atoms with E-state index in [4.69, 9.17) is 0 Å². The van der Waals surface area contributed by atoms with Crippen LogP contribution in [0.3, 0.4) is 0 Å². The van der Waals surface area contributed by atoms with Crippen LogP contribution in [-0.2, 0) is 20.0 Å². The van der Waals surface area contributed by atoms with Crippen LogP contribution in [0.5, 0.6) is 0 Å². The summed E-state index contributed by atoms with van der Waals surface area (Å²) in [5, 5.41) is 0. The molecule has 0 spiro atoms. The van der Waals surface area contributed by atoms with Crippen molar-refractivity contribution in [2.45, 2.75) is 161 Å². The van der Waals surface area contributed by atoms with E-state index in [2.05, 4.69) is 99.2 Å². The summed E-state index contributed by atoms with van der Waals surface area (Å²) < 4.78 is 7.81. The molecular formula is C36H69N5O2. The lowest BCUT2D eigenvalue weighted by Crippen LogP contribution is -2.26. The van der Waals surface area contributed by atoms with Crippen molar-refractivity contribution >= 4 is 0 Å². The summed E-state index contributed by atoms with van der Waals surface area (Å²) >= 11 is 0. The highest BCUT2D eigenvalue weighted by atomic mass is 16.1. The van der Waals surface area contributed by atoms with Gasteiger partial charge in [0.05, 0.1) is 0 Å². The summed E-state index contributed by atoms with van der Waals surface area (Å²) in [6.45, 7) is 38.1. The molecule has 0 aromatic carbocycles. The Bertz CT molecular complexity index is 1170. The lowest BCUT2D eigenvalue weighted by Gasteiger charge is -2.26. The third-order valence-electron chi connectivity index (χ3n) is 8.61. The molecule has 0 N–H and O–H groups in total. The zero-order chi connectivity index (χ0) is 32.8. The molecule has 1 unspecified atom stereocenters. The minimum Gasteiger partial charge on any atom is -0.373 e. The summed E-state index contributed by atoms with van der Waals surface area (Å²) in [4.78, 5) is 26.8. The molecule has 2 aromatic rings. The van der Waals surface area contributed by atoms with E-state index in [0.29, 0.717) is 17.9 Å². The van der Waals surface area contributed by atoms with E-state index in [0.717, 1.165) is 41.6 Å². The van der Waals surface area contributed by atoms with Gasteiger partial charge in [-0.15, -0.1) is 0 Å². The quantitative estimate of drug-likeness (QED) is 0.303. The molecule has 0 amide bonds. The van der Waals surface area contributed by atoms with E-state index in [-0.39, 0.29) is 30.6 Å². The Balaban J connectivity index is 0.000000613. The molecule has 0 bridgehead atoms. The maximum absolute atomic E-state index is 12.2. The normalized spacial score (nSPS) is 15.1. The Hall–Kier alpha value is -2.44. The minimum atomic E-state index is 0. The number of hydrogen-bond donors (Lipinski definition) is 0. The van der Waals surface area contributed by atoms with Crippen LogP contribution in [0.1, 0.15) is 157 Å². The summed E-state index contributed by atoms with van der Waals surface area (Å²) in [5.41, 5.74) is 5.95. The fourth-order valence-electron chi connectivity index (χ4n) is 6.63. The Morgan fingerprint density at radius 3 is 1.49 bits per heavy atom. The van der Waals surface area contributed by atoms with Gasteiger partial charge in [0.15, 0.2) is 0 Å². The van der Waals surface area contributed by atoms with Crippen LogP contribution in [0.2, 0.25) is 0 Å². The van der Waals surface area contributed by atoms with Crippen molar-refractivity contribution in [1.29, 1.82) is 0 Å². The molecule has 43 heavy (non-hydrogen) atoms. The van der Waals surface area contributed by atoms with Crippen LogP contribution in [0.4, 0.5) is 0 Å². The monoisotopic (exact) mass is 604 g/mol. The van der Waals surface area contributed by atoms with Crippen LogP contribution < -0.4 is 11.1 Å². The molecule has 2 aromatic heterocycles. The van der Waals surface area contributed by atoms with Gasteiger partial charge < -0.3 is 4.90 Å². The molecule has 250 valence electrons. The number of hydrogen-bond acceptors (Lipinski definition) is 3. The van der Waals surface area contributed by atoms with Crippen molar-refractivity contribution in [3.05, 3.63) is 55.5 Å². The second-order valence-corrected chi connectivity index (χ2v) is 13.7. The number of rotatable bonds is 8. The molecule has 1 saturated heterocycles. The van der Waals surface area contributed by atoms with Crippen molar-refractivity contribution in [3.63, 3.8) is 0 Å². The van der Waals surface area contributed by atoms with Crippen LogP contribution in [0.15, 0.2) is 21.9 Å². The van der Waals surface area contributed by atoms with E-state index in [1.807, 2.05) is 41.9 Å². The predicted molar refractivity (Wildman–Crippen MR) is 188 cm³/mol. The molecule has 1 aliphatic rings. The van der Waals surface area contributed by atoms with Gasteiger partial charge in [-0.05, 0) is 86.0 Å². The van der Waals surface area contributed by atoms with Gasteiger partial charge in [0.1, 0.15) is 0 Å². The maximum Gasteiger partial charge on any atom is 0.270 e. The van der Waals surface area contributed by atoms with Gasteiger partial charge >= 0.3 is 0 Å². The average molecular weight is 604 g/mol. The first-order valence-corrected chi connectivity index (χ1v) is 16.4. The largest absolute Gasteiger partial charge is 0.373 e. The summed E-state index contributed by atoms with van der Waals surface area (Å²) in [6.07, 6.45) is 2.22. The van der Waals surface area contributed by atoms with Crippen molar-refractivity contribution in [3.8, 4) is 0 Å². The number of aromatic nitrogens is 4. The summed E-state index contributed by atoms with van der Waals surface area (Å²) in [6, 6.07) is 1.07. The number of allylic oxidation sites excluding steroid dienone is 1. The molecule has 7 nitrogen and oxygen atoms in total. The van der Waals surface area contributed by atoms with E-state index < -0.39 is 0 Å². The number of likely N-dealkylation sites (tertiary alicyclic amines) is 1. The number of nitrogens with zero attached hydrogens (tertiary/aromatic N) is 5. The van der Waals surface area contributed by atoms with Gasteiger partial charge in [-0.25, -0.2) is 9.36 Å². The fraction of sp³-hybridized carbons (Fsp3) is 0.778. The SMILES string of the molecule is C.C=C1C(C(C)C)CCN1C(C)C.CCc1c(C(C)C)c(=O)n(C(C)C)n1C.CCn1c(C)c(C(C)C)c(=O)n1C(C)C. The zero-order valence-electron chi connectivity index (χ0n) is 30.1. The maximum atomic E-state index is 12.2. The summed E-state index contributed by atoms with van der Waals surface area (Å²) in [7, 11) is 1.98. The fourth-order valence-corrected chi connectivity index (χ4v) is 6.63. The van der Waals surface area contributed by atoms with Crippen molar-refractivity contribution in [2.75, 3.05) is 6.54 Å². The van der Waals surface area contributed by atoms with Crippen LogP contribution in [0.25, 0.3) is 0 Å². The highest BCUT2D eigenvalue weighted by Gasteiger charge is 2.29. The van der Waals surface area contributed by atoms with E-state index in [1.165, 1.54) is 24.4 Å². The molecule has 1 aliphatic heterocycles. The molecule has 0 saturated carbocycles. The Labute approximate surface area is 264 Å². The Kier molecular flexibility index (Phi) is 16.2. The van der Waals surface area contributed by atoms with E-state index >= 15 is 0 Å². The van der Waals surface area contributed by atoms with Gasteiger partial charge in [0.25, 0.3) is 11.1 Å². The van der Waals surface area contributed by atoms with Gasteiger partial charge in [-0.1, -0.05) is 62.5 Å². The Morgan fingerprint density at radius 1 is 0.767 bits per heavy atom. The van der Waals surface area contributed by atoms with Gasteiger partial charge in [0.2, 0.25) is 0 Å². The zero-order valence-corrected chi connectivity index (χ0v) is 30.1.